The Bertz CT molecular complexity index is 938. The number of carbonyl (C=O) groups excluding carboxylic acids is 1. The average Bonchev–Trinajstić information content (AvgIpc) is 3.33. The van der Waals surface area contributed by atoms with Crippen molar-refractivity contribution in [2.24, 2.45) is 0 Å². The van der Waals surface area contributed by atoms with Crippen LogP contribution in [-0.2, 0) is 21.5 Å². The molecule has 2 aromatic carbocycles. The van der Waals surface area contributed by atoms with E-state index in [1.807, 2.05) is 6.07 Å². The van der Waals surface area contributed by atoms with Crippen LogP contribution in [-0.4, -0.2) is 36.3 Å². The third kappa shape index (κ3) is 5.52. The summed E-state index contributed by atoms with van der Waals surface area (Å²) in [5.41, 5.74) is 2.52. The maximum atomic E-state index is 13.6. The molecule has 1 saturated heterocycles. The lowest BCUT2D eigenvalue weighted by Crippen LogP contribution is -2.49. The fourth-order valence-corrected chi connectivity index (χ4v) is 4.54. The van der Waals surface area contributed by atoms with Gasteiger partial charge in [0.05, 0.1) is 18.2 Å². The minimum atomic E-state index is -0.927. The van der Waals surface area contributed by atoms with Crippen LogP contribution in [0, 0.1) is 11.6 Å². The second-order valence-corrected chi connectivity index (χ2v) is 8.95. The van der Waals surface area contributed by atoms with E-state index in [4.69, 9.17) is 4.74 Å². The number of aliphatic hydroxyl groups excluding tert-OH is 1. The average molecular weight is 445 g/mol. The van der Waals surface area contributed by atoms with Gasteiger partial charge in [0, 0.05) is 31.7 Å². The van der Waals surface area contributed by atoms with Crippen LogP contribution < -0.4 is 10.6 Å². The monoisotopic (exact) mass is 444 g/mol. The van der Waals surface area contributed by atoms with Crippen LogP contribution in [0.5, 0.6) is 0 Å². The summed E-state index contributed by atoms with van der Waals surface area (Å²) in [5, 5.41) is 17.0. The van der Waals surface area contributed by atoms with Crippen molar-refractivity contribution in [3.8, 4) is 0 Å². The van der Waals surface area contributed by atoms with Gasteiger partial charge in [0.25, 0.3) is 0 Å². The van der Waals surface area contributed by atoms with Gasteiger partial charge in [-0.25, -0.2) is 8.78 Å². The van der Waals surface area contributed by atoms with E-state index < -0.39 is 23.8 Å². The van der Waals surface area contributed by atoms with E-state index in [0.29, 0.717) is 5.56 Å². The van der Waals surface area contributed by atoms with Crippen molar-refractivity contribution in [3.63, 3.8) is 0 Å². The lowest BCUT2D eigenvalue weighted by atomic mass is 9.97. The van der Waals surface area contributed by atoms with Crippen molar-refractivity contribution in [1.82, 2.24) is 10.6 Å². The van der Waals surface area contributed by atoms with Crippen molar-refractivity contribution in [2.75, 3.05) is 13.2 Å². The van der Waals surface area contributed by atoms with Gasteiger partial charge in [-0.05, 0) is 60.9 Å². The van der Waals surface area contributed by atoms with Crippen molar-refractivity contribution in [3.05, 3.63) is 70.8 Å². The summed E-state index contributed by atoms with van der Waals surface area (Å²) in [7, 11) is 0. The minimum absolute atomic E-state index is 0.124. The molecule has 0 aromatic heterocycles. The first-order chi connectivity index (χ1) is 15.3. The molecule has 5 nitrogen and oxygen atoms in total. The molecule has 4 rings (SSSR count). The number of hydrogen-bond acceptors (Lipinski definition) is 4. The first-order valence-electron chi connectivity index (χ1n) is 11.2. The Hall–Kier alpha value is -2.35. The molecule has 2 aliphatic rings. The largest absolute Gasteiger partial charge is 0.390 e. The predicted octanol–water partition coefficient (Wildman–Crippen LogP) is 3.50. The van der Waals surface area contributed by atoms with Gasteiger partial charge >= 0.3 is 0 Å². The summed E-state index contributed by atoms with van der Waals surface area (Å²) in [6.45, 7) is 2.40. The van der Waals surface area contributed by atoms with Gasteiger partial charge in [-0.2, -0.15) is 0 Å². The predicted molar refractivity (Wildman–Crippen MR) is 117 cm³/mol. The molecular weight excluding hydrogens is 414 g/mol. The van der Waals surface area contributed by atoms with E-state index in [9.17, 15) is 18.7 Å². The lowest BCUT2D eigenvalue weighted by molar-refractivity contribution is -0.120. The zero-order valence-corrected chi connectivity index (χ0v) is 18.2. The summed E-state index contributed by atoms with van der Waals surface area (Å²) < 4.78 is 33.0. The Balaban J connectivity index is 1.42. The maximum absolute atomic E-state index is 13.6. The zero-order chi connectivity index (χ0) is 22.7. The molecule has 0 radical (unpaired) electrons. The third-order valence-electron chi connectivity index (χ3n) is 6.37. The van der Waals surface area contributed by atoms with Gasteiger partial charge in [-0.15, -0.1) is 0 Å². The Labute approximate surface area is 187 Å². The SMILES string of the molecule is CC(=O)N[C@@H](Cc1cc(F)cc(F)c1)[C@H](O)CNC1(c2cccc(C3CCCO3)c2)CC1. The van der Waals surface area contributed by atoms with Crippen molar-refractivity contribution in [1.29, 1.82) is 0 Å². The van der Waals surface area contributed by atoms with Gasteiger partial charge in [-0.1, -0.05) is 24.3 Å². The molecular formula is C25H30F2N2O3. The fourth-order valence-electron chi connectivity index (χ4n) is 4.54. The van der Waals surface area contributed by atoms with Crippen LogP contribution in [0.1, 0.15) is 55.4 Å². The molecule has 1 saturated carbocycles. The summed E-state index contributed by atoms with van der Waals surface area (Å²) in [6.07, 6.45) is 3.35. The molecule has 0 bridgehead atoms. The van der Waals surface area contributed by atoms with E-state index >= 15 is 0 Å². The first-order valence-corrected chi connectivity index (χ1v) is 11.2. The summed E-state index contributed by atoms with van der Waals surface area (Å²) in [4.78, 5) is 11.7. The van der Waals surface area contributed by atoms with Crippen LogP contribution in [0.25, 0.3) is 0 Å². The molecule has 1 heterocycles. The zero-order valence-electron chi connectivity index (χ0n) is 18.2. The number of halogens is 2. The van der Waals surface area contributed by atoms with Crippen LogP contribution in [0.2, 0.25) is 0 Å². The number of aliphatic hydroxyl groups is 1. The Morgan fingerprint density at radius 3 is 2.59 bits per heavy atom. The maximum Gasteiger partial charge on any atom is 0.217 e. The molecule has 7 heteroatoms. The standard InChI is InChI=1S/C25H30F2N2O3/c1-16(30)29-22(12-17-10-20(26)14-21(27)11-17)23(31)15-28-25(7-8-25)19-5-2-4-18(13-19)24-6-3-9-32-24/h2,4-5,10-11,13-14,22-24,28,31H,3,6-9,12,15H2,1H3,(H,29,30)/t22-,23+,24?/m0/s1. The fraction of sp³-hybridized carbons (Fsp3) is 0.480. The summed E-state index contributed by atoms with van der Waals surface area (Å²) in [6, 6.07) is 11.0. The normalized spacial score (nSPS) is 21.2. The minimum Gasteiger partial charge on any atom is -0.390 e. The number of nitrogens with one attached hydrogen (secondary N) is 2. The summed E-state index contributed by atoms with van der Waals surface area (Å²) in [5.74, 6) is -1.68. The van der Waals surface area contributed by atoms with Crippen LogP contribution >= 0.6 is 0 Å². The molecule has 3 atom stereocenters. The van der Waals surface area contributed by atoms with Gasteiger partial charge < -0.3 is 20.5 Å². The molecule has 0 spiro atoms. The van der Waals surface area contributed by atoms with Crippen molar-refractivity contribution in [2.45, 2.75) is 62.8 Å². The van der Waals surface area contributed by atoms with Gasteiger partial charge in [0.2, 0.25) is 5.91 Å². The molecule has 2 fully saturated rings. The number of hydrogen-bond donors (Lipinski definition) is 3. The quantitative estimate of drug-likeness (QED) is 0.554. The molecule has 3 N–H and O–H groups in total. The highest BCUT2D eigenvalue weighted by Gasteiger charge is 2.44. The van der Waals surface area contributed by atoms with E-state index in [0.717, 1.165) is 38.4 Å². The molecule has 1 amide bonds. The van der Waals surface area contributed by atoms with E-state index in [1.54, 1.807) is 0 Å². The van der Waals surface area contributed by atoms with Gasteiger partial charge in [-0.3, -0.25) is 4.79 Å². The van der Waals surface area contributed by atoms with E-state index in [2.05, 4.69) is 28.8 Å². The Kier molecular flexibility index (Phi) is 6.88. The molecule has 32 heavy (non-hydrogen) atoms. The van der Waals surface area contributed by atoms with Crippen molar-refractivity contribution >= 4 is 5.91 Å². The van der Waals surface area contributed by atoms with Gasteiger partial charge in [0.1, 0.15) is 11.6 Å². The number of amides is 1. The number of carbonyl (C=O) groups is 1. The number of ether oxygens (including phenoxy) is 1. The number of rotatable bonds is 9. The van der Waals surface area contributed by atoms with Crippen LogP contribution in [0.3, 0.4) is 0 Å². The van der Waals surface area contributed by atoms with E-state index in [1.165, 1.54) is 30.2 Å². The van der Waals surface area contributed by atoms with Crippen LogP contribution in [0.15, 0.2) is 42.5 Å². The first kappa shape index (κ1) is 22.8. The summed E-state index contributed by atoms with van der Waals surface area (Å²) >= 11 is 0. The molecule has 1 unspecified atom stereocenters. The van der Waals surface area contributed by atoms with Gasteiger partial charge in [0.15, 0.2) is 0 Å². The van der Waals surface area contributed by atoms with E-state index in [-0.39, 0.29) is 30.5 Å². The molecule has 1 aliphatic heterocycles. The second-order valence-electron chi connectivity index (χ2n) is 8.95. The highest BCUT2D eigenvalue weighted by atomic mass is 19.1. The third-order valence-corrected chi connectivity index (χ3v) is 6.37. The lowest BCUT2D eigenvalue weighted by Gasteiger charge is -2.27. The second kappa shape index (κ2) is 9.65. The Morgan fingerprint density at radius 2 is 1.97 bits per heavy atom. The number of benzene rings is 2. The highest BCUT2D eigenvalue weighted by Crippen LogP contribution is 2.46. The topological polar surface area (TPSA) is 70.6 Å². The highest BCUT2D eigenvalue weighted by molar-refractivity contribution is 5.73. The van der Waals surface area contributed by atoms with Crippen molar-refractivity contribution < 1.29 is 23.4 Å². The Morgan fingerprint density at radius 1 is 1.22 bits per heavy atom. The smallest absolute Gasteiger partial charge is 0.217 e. The molecule has 172 valence electrons. The molecule has 1 aliphatic carbocycles. The van der Waals surface area contributed by atoms with Crippen LogP contribution in [0.4, 0.5) is 8.78 Å². The molecule has 2 aromatic rings.